The van der Waals surface area contributed by atoms with E-state index in [0.717, 1.165) is 63.7 Å². The van der Waals surface area contributed by atoms with Gasteiger partial charge in [-0.05, 0) is 199 Å². The molecule has 0 bridgehead atoms. The van der Waals surface area contributed by atoms with Crippen LogP contribution in [0.15, 0.2) is 188 Å². The number of hydrogen-bond acceptors (Lipinski definition) is 8. The van der Waals surface area contributed by atoms with Crippen molar-refractivity contribution in [3.05, 3.63) is 310 Å². The Balaban J connectivity index is 0.000000206. The number of para-hydroxylation sites is 6. The van der Waals surface area contributed by atoms with Crippen LogP contribution in [0.1, 0.15) is 374 Å². The molecule has 0 amide bonds. The second kappa shape index (κ2) is 56.9. The summed E-state index contributed by atoms with van der Waals surface area (Å²) in [6.07, 6.45) is 20.2. The largest absolute Gasteiger partial charge is 0.517 e. The van der Waals surface area contributed by atoms with Gasteiger partial charge in [0, 0.05) is 56.1 Å². The van der Waals surface area contributed by atoms with Gasteiger partial charge in [0.1, 0.15) is 0 Å². The van der Waals surface area contributed by atoms with Gasteiger partial charge < -0.3 is 24.5 Å². The Morgan fingerprint density at radius 1 is 0.320 bits per heavy atom. The minimum Gasteiger partial charge on any atom is -0.517 e. The third kappa shape index (κ3) is 37.8. The predicted molar refractivity (Wildman–Crippen MR) is 653 cm³/mol. The molecule has 1 saturated carbocycles. The fourth-order valence-electron chi connectivity index (χ4n) is 23.8. The minimum atomic E-state index is -1.77. The van der Waals surface area contributed by atoms with Crippen LogP contribution in [-0.4, -0.2) is 63.9 Å². The molecule has 8 nitrogen and oxygen atoms in total. The molecule has 5 heterocycles. The van der Waals surface area contributed by atoms with E-state index < -0.39 is 54.1 Å². The number of fused-ring (bicyclic) bond motifs is 1. The van der Waals surface area contributed by atoms with Crippen molar-refractivity contribution in [2.75, 3.05) is 24.5 Å². The molecule has 9 aromatic carbocycles. The quantitative estimate of drug-likeness (QED) is 0.0586. The van der Waals surface area contributed by atoms with E-state index in [1.165, 1.54) is 171 Å². The maximum absolute atomic E-state index is 6.00. The minimum absolute atomic E-state index is 0.163. The van der Waals surface area contributed by atoms with Gasteiger partial charge >= 0.3 is 384 Å². The molecule has 0 unspecified atom stereocenters. The number of ether oxygens (including phenoxy) is 3. The Hall–Kier alpha value is -4.59. The van der Waals surface area contributed by atoms with Crippen LogP contribution in [0, 0.1) is 101 Å². The zero-order chi connectivity index (χ0) is 112. The number of aryl methyl sites for hydroxylation is 10. The molecule has 2 aliphatic carbocycles. The molecular formula is C130H182Cl8N5O3Ru4-5. The second-order valence-corrected chi connectivity index (χ2v) is 71.7. The van der Waals surface area contributed by atoms with Crippen molar-refractivity contribution >= 4 is 129 Å². The number of hydrogen-bond donors (Lipinski definition) is 0. The zero-order valence-corrected chi connectivity index (χ0v) is 111. The second-order valence-electron chi connectivity index (χ2n) is 48.7. The first-order chi connectivity index (χ1) is 69.8. The van der Waals surface area contributed by atoms with E-state index in [-0.39, 0.29) is 67.7 Å². The van der Waals surface area contributed by atoms with Gasteiger partial charge in [-0.1, -0.05) is 251 Å². The van der Waals surface area contributed by atoms with Gasteiger partial charge in [-0.25, -0.2) is 32.7 Å². The molecule has 5 aliphatic heterocycles. The summed E-state index contributed by atoms with van der Waals surface area (Å²) in [6, 6.07) is 63.2. The van der Waals surface area contributed by atoms with Gasteiger partial charge in [0.15, 0.2) is 0 Å². The van der Waals surface area contributed by atoms with E-state index in [0.29, 0.717) is 11.3 Å². The first kappa shape index (κ1) is 131. The Bertz CT molecular complexity index is 5760. The van der Waals surface area contributed by atoms with E-state index in [4.69, 9.17) is 91.7 Å². The van der Waals surface area contributed by atoms with Gasteiger partial charge in [0.25, 0.3) is 0 Å². The normalized spacial score (nSPS) is 18.3. The van der Waals surface area contributed by atoms with E-state index in [1.807, 2.05) is 140 Å². The summed E-state index contributed by atoms with van der Waals surface area (Å²) in [5, 5.41) is 0. The summed E-state index contributed by atoms with van der Waals surface area (Å²) in [6.45, 7) is 95.7. The van der Waals surface area contributed by atoms with E-state index in [1.54, 1.807) is 0 Å². The molecule has 0 N–H and O–H groups in total. The molecule has 0 aromatic heterocycles. The third-order valence-electron chi connectivity index (χ3n) is 28.2. The van der Waals surface area contributed by atoms with Gasteiger partial charge in [-0.15, -0.1) is 27.1 Å². The molecule has 1 spiro atoms. The average molecular weight is 2550 g/mol. The van der Waals surface area contributed by atoms with Crippen LogP contribution < -0.4 is 38.7 Å². The fraction of sp³-hybridized carbons (Fsp3) is 0.500. The number of allylic oxidation sites excluding steroid dienone is 2. The zero-order valence-electron chi connectivity index (χ0n) is 97.6. The van der Waals surface area contributed by atoms with E-state index in [2.05, 4.69) is 375 Å². The van der Waals surface area contributed by atoms with Crippen molar-refractivity contribution in [1.82, 2.24) is 0 Å². The number of benzene rings is 9. The summed E-state index contributed by atoms with van der Waals surface area (Å²) >= 11 is -7.07. The summed E-state index contributed by atoms with van der Waals surface area (Å²) in [4.78, 5) is 12.7. The maximum Gasteiger partial charge on any atom is 0.0140 e. The van der Waals surface area contributed by atoms with Crippen LogP contribution in [0.25, 0.3) is 5.57 Å². The standard InChI is InChI=1S/C20H30N.2C18H28N.2C17H26N.3C10H12O.C10H8.8ClH.4Ru/c1-15-11-16(2)18(17(3)12-15)21-14-20(13-19(21,4)5)9-7-6-8-10-20;2*1-7-14-10-9-11-15(8-2)16(14)19-13-17(3,4)12-18(19,5)6;1-12-8-13(2)15(14(3)9-12)18-11-16(4,5)10-17(18,6)7;1-13(2)14-9-7-8-10-15(14)18-12-16(3,4)11-17(18,5)6;3*1-8(2)11-10-7-5-4-6-9(10)3;1-8-6-7-9-4-2-3-5-10(8)9;;;;;;;;;;;;/h11-12,14H,6-10,13H2,1-5H3;2*9-11,13H,7-8,12H2,1-6H3;8-9,11H,10H2,1-7H3;7-10,12-13H,11H2,1-6H3;3*3-8H,1-2H3;2-6H,1H3;8*1H;;;;/q5*-1;;;;;;;;;;;;;4*+2/p-8. The number of nitrogens with zero attached hydrogens (tertiary/aromatic N) is 5. The topological polar surface area (TPSA) is 43.9 Å². The van der Waals surface area contributed by atoms with Crippen LogP contribution >= 0.6 is 77.5 Å². The molecule has 838 valence electrons. The summed E-state index contributed by atoms with van der Waals surface area (Å²) in [5.41, 5.74) is 32.2. The molecule has 20 heteroatoms. The van der Waals surface area contributed by atoms with Crippen molar-refractivity contribution in [3.63, 3.8) is 0 Å². The monoisotopic (exact) mass is 2550 g/mol. The fourth-order valence-corrected chi connectivity index (χ4v) is 31.8. The smallest absolute Gasteiger partial charge is 0.0140 e. The van der Waals surface area contributed by atoms with Crippen LogP contribution in [0.3, 0.4) is 0 Å². The van der Waals surface area contributed by atoms with Gasteiger partial charge in [0.05, 0.1) is 0 Å². The van der Waals surface area contributed by atoms with Gasteiger partial charge in [0.2, 0.25) is 0 Å². The first-order valence-corrected chi connectivity index (χ1v) is 75.7. The summed E-state index contributed by atoms with van der Waals surface area (Å²) < 4.78 is 23.7. The third-order valence-corrected chi connectivity index (χ3v) is 36.9. The van der Waals surface area contributed by atoms with Crippen LogP contribution in [0.4, 0.5) is 28.4 Å². The summed E-state index contributed by atoms with van der Waals surface area (Å²) in [7, 11) is 46.9. The van der Waals surface area contributed by atoms with Crippen LogP contribution in [-0.2, 0) is 79.8 Å². The molecular weight excluding hydrogens is 2370 g/mol. The Labute approximate surface area is 964 Å². The predicted octanol–water partition coefficient (Wildman–Crippen LogP) is 39.7. The number of halogens is 8. The SMILES string of the molecule is CC(C)Oc1ccccc1[CH]=[Ru]([Cl])[Cl].CC(C)Oc1ccccc1[CH]=[Ru]([Cl])[Cl].CC(C)Oc1ccccc1[CH]=[Ru]([Cl])[Cl].CC(C)c1ccccc1N1[CH-]C(C)(C)CC1(C)C.CC1=C[C](=[Ru]([Cl])[Cl])c2ccccc21.CCc1cccc(CC)c1N1[CH-]C(C)(C)CC1(C)C.CCc1cccc(CC)c1N1[CH-]C(C)(C)CC1(C)C.Cc1cc(C)c(N2[CH-]C(C)(C)CC2(C)C)c(C)c1.Cc1cc(C)c(N2[CH-]C3(CCCCC3)CC2(C)C)c(C)c1. The van der Waals surface area contributed by atoms with E-state index in [9.17, 15) is 0 Å². The van der Waals surface area contributed by atoms with Gasteiger partial charge in [-0.2, -0.15) is 0 Å². The maximum atomic E-state index is 6.00. The molecule has 7 aliphatic rings. The Morgan fingerprint density at radius 2 is 0.600 bits per heavy atom. The van der Waals surface area contributed by atoms with Crippen molar-refractivity contribution in [3.8, 4) is 17.2 Å². The van der Waals surface area contributed by atoms with Gasteiger partial charge in [-0.3, -0.25) is 0 Å². The van der Waals surface area contributed by atoms with Crippen LogP contribution in [0.5, 0.6) is 17.2 Å². The molecule has 5 saturated heterocycles. The molecule has 6 fully saturated rings. The number of anilines is 5. The molecule has 0 atom stereocenters. The Morgan fingerprint density at radius 3 is 0.893 bits per heavy atom. The van der Waals surface area contributed by atoms with Crippen molar-refractivity contribution < 1.29 is 68.3 Å². The molecule has 0 radical (unpaired) electrons. The summed E-state index contributed by atoms with van der Waals surface area (Å²) in [5.74, 6) is 3.11. The number of rotatable bonds is 19. The van der Waals surface area contributed by atoms with Crippen molar-refractivity contribution in [2.45, 2.75) is 398 Å². The Kier molecular flexibility index (Phi) is 49.5. The van der Waals surface area contributed by atoms with Crippen molar-refractivity contribution in [1.29, 1.82) is 0 Å². The first-order valence-electron chi connectivity index (χ1n) is 53.9. The molecule has 9 aromatic rings. The average Bonchev–Trinajstić information content (AvgIpc) is 1.62. The molecule has 150 heavy (non-hydrogen) atoms. The van der Waals surface area contributed by atoms with Crippen LogP contribution in [0.2, 0.25) is 0 Å². The van der Waals surface area contributed by atoms with E-state index >= 15 is 0 Å². The van der Waals surface area contributed by atoms with Crippen molar-refractivity contribution in [2.24, 2.45) is 27.1 Å². The molecule has 16 rings (SSSR count).